The molecule has 3 N–H and O–H groups in total. The van der Waals surface area contributed by atoms with Crippen molar-refractivity contribution in [1.29, 1.82) is 0 Å². The number of carbonyl (C=O) groups is 1. The first-order chi connectivity index (χ1) is 29.3. The molecule has 14 atom stereocenters. The molecule has 3 saturated carbocycles. The first-order valence-electron chi connectivity index (χ1n) is 25.8. The highest BCUT2D eigenvalue weighted by Gasteiger charge is 2.59. The molecule has 1 aliphatic heterocycles. The number of unbranched alkanes of at least 4 members (excludes halogenated alkanes) is 9. The van der Waals surface area contributed by atoms with Gasteiger partial charge in [-0.25, -0.2) is 0 Å². The highest BCUT2D eigenvalue weighted by molar-refractivity contribution is 5.69. The van der Waals surface area contributed by atoms with E-state index in [0.717, 1.165) is 106 Å². The number of allylic oxidation sites excluding steroid dienone is 5. The smallest absolute Gasteiger partial charge is 0.305 e. The Morgan fingerprint density at radius 2 is 1.52 bits per heavy atom. The number of fused-ring (bicyclic) bond motifs is 5. The molecule has 5 aliphatic rings. The van der Waals surface area contributed by atoms with Crippen LogP contribution in [0.3, 0.4) is 0 Å². The third kappa shape index (κ3) is 13.3. The molecule has 0 aromatic heterocycles. The maximum Gasteiger partial charge on any atom is 0.305 e. The number of aliphatic hydroxyl groups excluding tert-OH is 3. The Bertz CT molecular complexity index is 1390. The SMILES string of the molecule is CCCCCC/C=C\C/C=C\CCCCCCCC(=O)OCC1OC(OC2CCC3(C)C(=CCC4C3CCC3(C)C(C(C)CCC(CC)C(C)C)CCC43)C2)C(O)C(O)C1O. The molecule has 1 heterocycles. The lowest BCUT2D eigenvalue weighted by Crippen LogP contribution is -2.60. The minimum atomic E-state index is -1.45. The molecule has 0 bridgehead atoms. The summed E-state index contributed by atoms with van der Waals surface area (Å²) in [5.74, 6) is 5.20. The van der Waals surface area contributed by atoms with Crippen molar-refractivity contribution in [2.75, 3.05) is 6.61 Å². The molecule has 1 saturated heterocycles. The Balaban J connectivity index is 1.01. The molecule has 0 radical (unpaired) electrons. The number of rotatable bonds is 25. The average molecular weight is 853 g/mol. The Morgan fingerprint density at radius 1 is 0.820 bits per heavy atom. The monoisotopic (exact) mass is 853 g/mol. The maximum atomic E-state index is 12.6. The van der Waals surface area contributed by atoms with Crippen molar-refractivity contribution in [2.24, 2.45) is 52.3 Å². The minimum absolute atomic E-state index is 0.146. The fourth-order valence-electron chi connectivity index (χ4n) is 13.3. The molecule has 0 spiro atoms. The van der Waals surface area contributed by atoms with E-state index >= 15 is 0 Å². The number of hydrogen-bond acceptors (Lipinski definition) is 7. The fraction of sp³-hybridized carbons (Fsp3) is 0.870. The summed E-state index contributed by atoms with van der Waals surface area (Å²) < 4.78 is 18.0. The number of hydrogen-bond donors (Lipinski definition) is 3. The van der Waals surface area contributed by atoms with E-state index in [9.17, 15) is 20.1 Å². The van der Waals surface area contributed by atoms with Gasteiger partial charge < -0.3 is 29.5 Å². The van der Waals surface area contributed by atoms with Crippen molar-refractivity contribution < 1.29 is 34.3 Å². The fourth-order valence-corrected chi connectivity index (χ4v) is 13.3. The zero-order chi connectivity index (χ0) is 44.0. The predicted octanol–water partition coefficient (Wildman–Crippen LogP) is 12.6. The second kappa shape index (κ2) is 24.7. The van der Waals surface area contributed by atoms with Gasteiger partial charge in [0.05, 0.1) is 6.10 Å². The van der Waals surface area contributed by atoms with Crippen LogP contribution in [0.15, 0.2) is 36.0 Å². The van der Waals surface area contributed by atoms with Gasteiger partial charge >= 0.3 is 5.97 Å². The molecule has 0 amide bonds. The van der Waals surface area contributed by atoms with Crippen molar-refractivity contribution in [3.8, 4) is 0 Å². The highest BCUT2D eigenvalue weighted by atomic mass is 16.7. The third-order valence-corrected chi connectivity index (χ3v) is 17.3. The lowest BCUT2D eigenvalue weighted by atomic mass is 9.47. The molecule has 14 unspecified atom stereocenters. The van der Waals surface area contributed by atoms with Gasteiger partial charge in [-0.15, -0.1) is 0 Å². The second-order valence-corrected chi connectivity index (χ2v) is 21.5. The van der Waals surface area contributed by atoms with Crippen LogP contribution in [0, 0.1) is 52.3 Å². The quantitative estimate of drug-likeness (QED) is 0.0477. The molecule has 0 aromatic rings. The van der Waals surface area contributed by atoms with Crippen molar-refractivity contribution in [3.05, 3.63) is 36.0 Å². The van der Waals surface area contributed by atoms with Gasteiger partial charge in [-0.05, 0) is 149 Å². The standard InChI is InChI=1S/C54H92O7/c1-8-10-11-12-13-14-15-16-17-18-19-20-21-22-23-24-25-48(55)59-37-47-49(56)50(57)51(58)52(61-47)60-42-32-34-53(6)41(36-42)28-29-43-45-31-30-44(54(45,7)35-33-46(43)53)39(5)26-27-40(9-2)38(3)4/h14-15,17-18,28,38-40,42-47,49-52,56-58H,8-13,16,19-27,29-37H2,1-7H3/b15-14-,18-17-. The number of ether oxygens (including phenoxy) is 3. The van der Waals surface area contributed by atoms with E-state index in [4.69, 9.17) is 14.2 Å². The van der Waals surface area contributed by atoms with Gasteiger partial charge in [0.15, 0.2) is 6.29 Å². The van der Waals surface area contributed by atoms with Crippen LogP contribution in [0.1, 0.15) is 203 Å². The van der Waals surface area contributed by atoms with E-state index in [1.54, 1.807) is 0 Å². The highest BCUT2D eigenvalue weighted by Crippen LogP contribution is 2.67. The number of esters is 1. The van der Waals surface area contributed by atoms with E-state index in [0.29, 0.717) is 17.8 Å². The van der Waals surface area contributed by atoms with Crippen LogP contribution in [0.2, 0.25) is 0 Å². The van der Waals surface area contributed by atoms with Gasteiger partial charge in [-0.3, -0.25) is 4.79 Å². The van der Waals surface area contributed by atoms with Crippen LogP contribution in [-0.4, -0.2) is 64.7 Å². The number of aliphatic hydroxyl groups is 3. The molecule has 7 nitrogen and oxygen atoms in total. The van der Waals surface area contributed by atoms with Crippen molar-refractivity contribution in [2.45, 2.75) is 239 Å². The normalized spacial score (nSPS) is 36.1. The summed E-state index contributed by atoms with van der Waals surface area (Å²) in [5, 5.41) is 32.6. The van der Waals surface area contributed by atoms with Gasteiger partial charge in [-0.1, -0.05) is 136 Å². The summed E-state index contributed by atoms with van der Waals surface area (Å²) in [5.41, 5.74) is 2.12. The van der Waals surface area contributed by atoms with Crippen molar-refractivity contribution in [1.82, 2.24) is 0 Å². The zero-order valence-corrected chi connectivity index (χ0v) is 40.0. The summed E-state index contributed by atoms with van der Waals surface area (Å²) in [6.45, 7) is 17.0. The Hall–Kier alpha value is -1.51. The van der Waals surface area contributed by atoms with E-state index in [1.165, 1.54) is 82.6 Å². The summed E-state index contributed by atoms with van der Waals surface area (Å²) in [7, 11) is 0. The van der Waals surface area contributed by atoms with Crippen LogP contribution in [0.4, 0.5) is 0 Å². The van der Waals surface area contributed by atoms with Crippen LogP contribution in [-0.2, 0) is 19.0 Å². The second-order valence-electron chi connectivity index (χ2n) is 21.5. The summed E-state index contributed by atoms with van der Waals surface area (Å²) >= 11 is 0. The van der Waals surface area contributed by atoms with E-state index < -0.39 is 30.7 Å². The van der Waals surface area contributed by atoms with E-state index in [2.05, 4.69) is 78.8 Å². The molecule has 4 aliphatic carbocycles. The predicted molar refractivity (Wildman–Crippen MR) is 249 cm³/mol. The lowest BCUT2D eigenvalue weighted by molar-refractivity contribution is -0.313. The molecular formula is C54H92O7. The van der Waals surface area contributed by atoms with Crippen LogP contribution >= 0.6 is 0 Å². The molecular weight excluding hydrogens is 761 g/mol. The van der Waals surface area contributed by atoms with Crippen LogP contribution in [0.25, 0.3) is 0 Å². The first-order valence-corrected chi connectivity index (χ1v) is 25.8. The molecule has 350 valence electrons. The van der Waals surface area contributed by atoms with Gasteiger partial charge in [0.25, 0.3) is 0 Å². The largest absolute Gasteiger partial charge is 0.463 e. The van der Waals surface area contributed by atoms with Crippen molar-refractivity contribution >= 4 is 5.97 Å². The van der Waals surface area contributed by atoms with E-state index in [-0.39, 0.29) is 24.1 Å². The lowest BCUT2D eigenvalue weighted by Gasteiger charge is -2.58. The van der Waals surface area contributed by atoms with Crippen molar-refractivity contribution in [3.63, 3.8) is 0 Å². The topological polar surface area (TPSA) is 105 Å². The van der Waals surface area contributed by atoms with Crippen LogP contribution in [0.5, 0.6) is 0 Å². The first kappa shape index (κ1) is 50.5. The minimum Gasteiger partial charge on any atom is -0.463 e. The Kier molecular flexibility index (Phi) is 20.4. The average Bonchev–Trinajstić information content (AvgIpc) is 3.60. The Labute approximate surface area is 373 Å². The summed E-state index contributed by atoms with van der Waals surface area (Å²) in [6, 6.07) is 0. The van der Waals surface area contributed by atoms with E-state index in [1.807, 2.05) is 0 Å². The molecule has 7 heteroatoms. The van der Waals surface area contributed by atoms with Gasteiger partial charge in [0, 0.05) is 6.42 Å². The number of carbonyl (C=O) groups excluding carboxylic acids is 1. The van der Waals surface area contributed by atoms with Gasteiger partial charge in [0.1, 0.15) is 31.0 Å². The molecule has 4 fully saturated rings. The summed E-state index contributed by atoms with van der Waals surface area (Å²) in [6.07, 6.45) is 32.6. The van der Waals surface area contributed by atoms with Gasteiger partial charge in [0.2, 0.25) is 0 Å². The molecule has 5 rings (SSSR count). The maximum absolute atomic E-state index is 12.6. The summed E-state index contributed by atoms with van der Waals surface area (Å²) in [4.78, 5) is 12.6. The Morgan fingerprint density at radius 3 is 2.23 bits per heavy atom. The zero-order valence-electron chi connectivity index (χ0n) is 40.0. The third-order valence-electron chi connectivity index (χ3n) is 17.3. The van der Waals surface area contributed by atoms with Crippen LogP contribution < -0.4 is 0 Å². The molecule has 0 aromatic carbocycles. The molecule has 61 heavy (non-hydrogen) atoms. The van der Waals surface area contributed by atoms with Gasteiger partial charge in [-0.2, -0.15) is 0 Å².